The van der Waals surface area contributed by atoms with Gasteiger partial charge < -0.3 is 0 Å². The molecule has 2 aromatic rings. The number of anilines is 1. The van der Waals surface area contributed by atoms with Gasteiger partial charge in [-0.25, -0.2) is 8.42 Å². The van der Waals surface area contributed by atoms with Crippen LogP contribution in [0.2, 0.25) is 0 Å². The Bertz CT molecular complexity index is 965. The minimum Gasteiger partial charge on any atom is -0.286 e. The molecule has 0 spiro atoms. The summed E-state index contributed by atoms with van der Waals surface area (Å²) in [6.07, 6.45) is 2.82. The molecule has 3 rings (SSSR count). The largest absolute Gasteiger partial charge is 0.286 e. The monoisotopic (exact) mass is 463 g/mol. The molecular weight excluding hydrogens is 442 g/mol. The molecule has 0 radical (unpaired) electrons. The molecule has 0 amide bonds. The van der Waals surface area contributed by atoms with Crippen molar-refractivity contribution in [2.45, 2.75) is 31.1 Å². The average Bonchev–Trinajstić information content (AvgIpc) is 2.73. The topological polar surface area (TPSA) is 78.8 Å². The van der Waals surface area contributed by atoms with E-state index in [1.807, 2.05) is 31.2 Å². The van der Waals surface area contributed by atoms with Gasteiger partial charge in [-0.1, -0.05) is 24.1 Å². The molecule has 0 unspecified atom stereocenters. The zero-order valence-corrected chi connectivity index (χ0v) is 18.0. The smallest absolute Gasteiger partial charge is 0.243 e. The third-order valence-electron chi connectivity index (χ3n) is 4.59. The third-order valence-corrected chi connectivity index (χ3v) is 7.04. The molecule has 1 fully saturated rings. The lowest BCUT2D eigenvalue weighted by atomic mass is 10.1. The number of hydrazone groups is 1. The summed E-state index contributed by atoms with van der Waals surface area (Å²) in [6, 6.07) is 13.6. The summed E-state index contributed by atoms with van der Waals surface area (Å²) in [7, 11) is -3.51. The Labute approximate surface area is 173 Å². The fraction of sp³-hybridized carbons (Fsp3) is 0.300. The molecule has 2 aromatic carbocycles. The van der Waals surface area contributed by atoms with Gasteiger partial charge in [0.15, 0.2) is 4.62 Å². The summed E-state index contributed by atoms with van der Waals surface area (Å²) < 4.78 is 27.0. The van der Waals surface area contributed by atoms with E-state index in [2.05, 4.69) is 26.5 Å². The number of hydrogen-bond donors (Lipinski definition) is 1. The van der Waals surface area contributed by atoms with E-state index in [0.717, 1.165) is 30.5 Å². The second kappa shape index (κ2) is 8.98. The Morgan fingerprint density at radius 3 is 2.21 bits per heavy atom. The van der Waals surface area contributed by atoms with Gasteiger partial charge in [0, 0.05) is 18.7 Å². The zero-order valence-electron chi connectivity index (χ0n) is 15.6. The molecule has 0 saturated carbocycles. The predicted molar refractivity (Wildman–Crippen MR) is 115 cm³/mol. The number of nitrogens with zero attached hydrogens (tertiary/aromatic N) is 2. The number of ketones is 1. The van der Waals surface area contributed by atoms with Crippen molar-refractivity contribution >= 4 is 42.0 Å². The van der Waals surface area contributed by atoms with Crippen LogP contribution in [0.1, 0.15) is 35.2 Å². The SMILES string of the molecule is Cc1ccc(N/N=C(\Br)C(=O)c2ccc(S(=O)(=O)N3CCCCC3)cc2)cc1. The number of halogens is 1. The Balaban J connectivity index is 1.70. The van der Waals surface area contributed by atoms with E-state index in [1.165, 1.54) is 28.6 Å². The molecule has 1 N–H and O–H groups in total. The second-order valence-electron chi connectivity index (χ2n) is 6.70. The molecule has 148 valence electrons. The van der Waals surface area contributed by atoms with E-state index >= 15 is 0 Å². The van der Waals surface area contributed by atoms with Crippen LogP contribution in [0.15, 0.2) is 58.5 Å². The number of carbonyl (C=O) groups excluding carboxylic acids is 1. The number of carbonyl (C=O) groups is 1. The Morgan fingerprint density at radius 2 is 1.61 bits per heavy atom. The van der Waals surface area contributed by atoms with Crippen LogP contribution < -0.4 is 5.43 Å². The summed E-state index contributed by atoms with van der Waals surface area (Å²) in [4.78, 5) is 12.7. The normalized spacial score (nSPS) is 16.0. The van der Waals surface area contributed by atoms with Gasteiger partial charge in [0.2, 0.25) is 15.8 Å². The summed E-state index contributed by atoms with van der Waals surface area (Å²) in [5, 5.41) is 4.05. The first kappa shape index (κ1) is 20.7. The Kier molecular flexibility index (Phi) is 6.64. The van der Waals surface area contributed by atoms with Crippen molar-refractivity contribution in [2.75, 3.05) is 18.5 Å². The Hall–Kier alpha value is -2.03. The van der Waals surface area contributed by atoms with Gasteiger partial charge in [-0.15, -0.1) is 0 Å². The van der Waals surface area contributed by atoms with E-state index < -0.39 is 10.0 Å². The van der Waals surface area contributed by atoms with E-state index in [1.54, 1.807) is 0 Å². The molecule has 1 saturated heterocycles. The minimum atomic E-state index is -3.51. The summed E-state index contributed by atoms with van der Waals surface area (Å²) in [5.74, 6) is -0.332. The zero-order chi connectivity index (χ0) is 20.1. The van der Waals surface area contributed by atoms with Crippen molar-refractivity contribution in [3.63, 3.8) is 0 Å². The van der Waals surface area contributed by atoms with E-state index in [9.17, 15) is 13.2 Å². The number of aryl methyl sites for hydroxylation is 1. The highest BCUT2D eigenvalue weighted by Crippen LogP contribution is 2.21. The van der Waals surface area contributed by atoms with Gasteiger partial charge in [0.1, 0.15) is 0 Å². The lowest BCUT2D eigenvalue weighted by Gasteiger charge is -2.25. The predicted octanol–water partition coefficient (Wildman–Crippen LogP) is 4.17. The standard InChI is InChI=1S/C20H22BrN3O3S/c1-15-5-9-17(10-6-15)22-23-20(21)19(25)16-7-11-18(12-8-16)28(26,27)24-13-3-2-4-14-24/h5-12,22H,2-4,13-14H2,1H3/b23-20-. The van der Waals surface area contributed by atoms with E-state index in [4.69, 9.17) is 0 Å². The van der Waals surface area contributed by atoms with Crippen LogP contribution in [-0.4, -0.2) is 36.2 Å². The minimum absolute atomic E-state index is 0.111. The maximum atomic E-state index is 12.7. The first-order valence-electron chi connectivity index (χ1n) is 9.09. The summed E-state index contributed by atoms with van der Waals surface area (Å²) in [5.41, 5.74) is 5.07. The van der Waals surface area contributed by atoms with Crippen LogP contribution >= 0.6 is 15.9 Å². The molecular formula is C20H22BrN3O3S. The Morgan fingerprint density at radius 1 is 1.00 bits per heavy atom. The highest BCUT2D eigenvalue weighted by Gasteiger charge is 2.26. The van der Waals surface area contributed by atoms with Crippen LogP contribution in [0.25, 0.3) is 0 Å². The fourth-order valence-electron chi connectivity index (χ4n) is 2.94. The maximum absolute atomic E-state index is 12.7. The number of Topliss-reactive ketones (excluding diaryl/α,β-unsaturated/α-hetero) is 1. The molecule has 0 bridgehead atoms. The van der Waals surface area contributed by atoms with Crippen LogP contribution in [0.5, 0.6) is 0 Å². The van der Waals surface area contributed by atoms with Crippen LogP contribution in [-0.2, 0) is 10.0 Å². The molecule has 6 nitrogen and oxygen atoms in total. The number of benzene rings is 2. The molecule has 1 heterocycles. The van der Waals surface area contributed by atoms with Crippen molar-refractivity contribution in [1.82, 2.24) is 4.31 Å². The molecule has 1 aliphatic heterocycles. The van der Waals surface area contributed by atoms with Gasteiger partial charge >= 0.3 is 0 Å². The van der Waals surface area contributed by atoms with Crippen molar-refractivity contribution in [1.29, 1.82) is 0 Å². The van der Waals surface area contributed by atoms with Crippen molar-refractivity contribution in [2.24, 2.45) is 5.10 Å². The number of sulfonamides is 1. The van der Waals surface area contributed by atoms with Crippen LogP contribution in [0.4, 0.5) is 5.69 Å². The van der Waals surface area contributed by atoms with Gasteiger partial charge in [0.25, 0.3) is 0 Å². The molecule has 0 atom stereocenters. The number of piperidine rings is 1. The highest BCUT2D eigenvalue weighted by atomic mass is 79.9. The average molecular weight is 464 g/mol. The summed E-state index contributed by atoms with van der Waals surface area (Å²) in [6.45, 7) is 3.08. The molecule has 0 aliphatic carbocycles. The molecule has 8 heteroatoms. The van der Waals surface area contributed by atoms with Crippen molar-refractivity contribution in [3.8, 4) is 0 Å². The maximum Gasteiger partial charge on any atom is 0.243 e. The second-order valence-corrected chi connectivity index (χ2v) is 9.39. The van der Waals surface area contributed by atoms with E-state index in [0.29, 0.717) is 18.7 Å². The van der Waals surface area contributed by atoms with Crippen molar-refractivity contribution in [3.05, 3.63) is 59.7 Å². The number of rotatable bonds is 6. The quantitative estimate of drug-likeness (QED) is 0.396. The highest BCUT2D eigenvalue weighted by molar-refractivity contribution is 9.19. The molecule has 1 aliphatic rings. The van der Waals surface area contributed by atoms with Crippen LogP contribution in [0.3, 0.4) is 0 Å². The molecule has 28 heavy (non-hydrogen) atoms. The van der Waals surface area contributed by atoms with Gasteiger partial charge in [-0.3, -0.25) is 10.2 Å². The van der Waals surface area contributed by atoms with Crippen LogP contribution in [0, 0.1) is 6.92 Å². The first-order chi connectivity index (χ1) is 13.4. The van der Waals surface area contributed by atoms with E-state index in [-0.39, 0.29) is 15.3 Å². The van der Waals surface area contributed by atoms with Gasteiger partial charge in [-0.05, 0) is 72.1 Å². The third kappa shape index (κ3) is 4.87. The fourth-order valence-corrected chi connectivity index (χ4v) is 4.78. The lowest BCUT2D eigenvalue weighted by Crippen LogP contribution is -2.35. The lowest BCUT2D eigenvalue weighted by molar-refractivity contribution is 0.106. The first-order valence-corrected chi connectivity index (χ1v) is 11.3. The number of nitrogens with one attached hydrogen (secondary N) is 1. The van der Waals surface area contributed by atoms with Crippen molar-refractivity contribution < 1.29 is 13.2 Å². The number of hydrogen-bond acceptors (Lipinski definition) is 5. The molecule has 0 aromatic heterocycles. The van der Waals surface area contributed by atoms with Gasteiger partial charge in [-0.2, -0.15) is 9.41 Å². The summed E-state index contributed by atoms with van der Waals surface area (Å²) >= 11 is 3.18. The van der Waals surface area contributed by atoms with Gasteiger partial charge in [0.05, 0.1) is 10.6 Å².